The van der Waals surface area contributed by atoms with E-state index in [1.165, 1.54) is 30.7 Å². The first-order valence-electron chi connectivity index (χ1n) is 8.39. The number of methoxy groups -OCH3 is 1. The molecule has 156 valence electrons. The highest BCUT2D eigenvalue weighted by molar-refractivity contribution is 7.17. The van der Waals surface area contributed by atoms with Crippen molar-refractivity contribution in [2.45, 2.75) is 18.2 Å². The molecule has 0 bridgehead atoms. The van der Waals surface area contributed by atoms with E-state index in [9.17, 15) is 18.0 Å². The van der Waals surface area contributed by atoms with Crippen molar-refractivity contribution in [3.63, 3.8) is 0 Å². The number of halogens is 5. The minimum absolute atomic E-state index is 0.00714. The molecule has 1 aromatic carbocycles. The molecule has 11 heteroatoms. The molecule has 5 nitrogen and oxygen atoms in total. The highest BCUT2D eigenvalue weighted by atomic mass is 35.5. The molecule has 0 fully saturated rings. The van der Waals surface area contributed by atoms with Gasteiger partial charge >= 0.3 is 12.1 Å². The van der Waals surface area contributed by atoms with Gasteiger partial charge in [-0.15, -0.1) is 11.3 Å². The van der Waals surface area contributed by atoms with Gasteiger partial charge in [-0.3, -0.25) is 4.98 Å². The van der Waals surface area contributed by atoms with Gasteiger partial charge in [0, 0.05) is 27.2 Å². The summed E-state index contributed by atoms with van der Waals surface area (Å²) in [4.78, 5) is 21.2. The third-order valence-electron chi connectivity index (χ3n) is 4.69. The van der Waals surface area contributed by atoms with Crippen LogP contribution >= 0.6 is 34.5 Å². The van der Waals surface area contributed by atoms with E-state index in [0.717, 1.165) is 12.1 Å². The van der Waals surface area contributed by atoms with Crippen molar-refractivity contribution in [2.75, 3.05) is 7.11 Å². The van der Waals surface area contributed by atoms with Crippen LogP contribution in [0.3, 0.4) is 0 Å². The number of pyridine rings is 1. The van der Waals surface area contributed by atoms with Gasteiger partial charge < -0.3 is 9.57 Å². The third-order valence-corrected chi connectivity index (χ3v) is 6.04. The lowest BCUT2D eigenvalue weighted by Gasteiger charge is -2.29. The van der Waals surface area contributed by atoms with Crippen molar-refractivity contribution in [1.29, 1.82) is 0 Å². The maximum atomic E-state index is 14.2. The zero-order valence-corrected chi connectivity index (χ0v) is 17.4. The maximum absolute atomic E-state index is 14.2. The van der Waals surface area contributed by atoms with Crippen LogP contribution < -0.4 is 0 Å². The molecule has 0 spiro atoms. The van der Waals surface area contributed by atoms with Gasteiger partial charge in [-0.05, 0) is 29.6 Å². The lowest BCUT2D eigenvalue weighted by atomic mass is 9.87. The number of rotatable bonds is 3. The summed E-state index contributed by atoms with van der Waals surface area (Å²) in [5.41, 5.74) is -2.62. The number of ether oxygens (including phenoxy) is 1. The maximum Gasteiger partial charge on any atom is 0.435 e. The molecule has 30 heavy (non-hydrogen) atoms. The second-order valence-corrected chi connectivity index (χ2v) is 8.25. The van der Waals surface area contributed by atoms with E-state index in [1.807, 2.05) is 0 Å². The van der Waals surface area contributed by atoms with Crippen LogP contribution in [0.2, 0.25) is 10.0 Å². The Morgan fingerprint density at radius 2 is 1.97 bits per heavy atom. The van der Waals surface area contributed by atoms with E-state index in [0.29, 0.717) is 10.1 Å². The summed E-state index contributed by atoms with van der Waals surface area (Å²) in [5, 5.41) is 6.02. The van der Waals surface area contributed by atoms with E-state index in [1.54, 1.807) is 11.4 Å². The first-order chi connectivity index (χ1) is 14.2. The second-order valence-electron chi connectivity index (χ2n) is 6.46. The van der Waals surface area contributed by atoms with E-state index in [-0.39, 0.29) is 32.6 Å². The van der Waals surface area contributed by atoms with Gasteiger partial charge in [0.15, 0.2) is 0 Å². The van der Waals surface area contributed by atoms with Gasteiger partial charge in [0.1, 0.15) is 11.4 Å². The molecule has 2 aromatic heterocycles. The van der Waals surface area contributed by atoms with Crippen LogP contribution in [0, 0.1) is 0 Å². The van der Waals surface area contributed by atoms with Crippen molar-refractivity contribution in [3.05, 3.63) is 62.7 Å². The quantitative estimate of drug-likeness (QED) is 0.438. The van der Waals surface area contributed by atoms with Crippen molar-refractivity contribution in [3.8, 4) is 0 Å². The Hall–Kier alpha value is -2.36. The van der Waals surface area contributed by atoms with Gasteiger partial charge in [0.2, 0.25) is 0 Å². The zero-order chi connectivity index (χ0) is 21.7. The van der Waals surface area contributed by atoms with Gasteiger partial charge in [-0.1, -0.05) is 28.4 Å². The van der Waals surface area contributed by atoms with Gasteiger partial charge in [-0.2, -0.15) is 13.2 Å². The first-order valence-corrected chi connectivity index (χ1v) is 10.0. The first kappa shape index (κ1) is 20.9. The summed E-state index contributed by atoms with van der Waals surface area (Å²) in [6.07, 6.45) is -4.19. The Bertz CT molecular complexity index is 1180. The fraction of sp³-hybridized carbons (Fsp3) is 0.211. The summed E-state index contributed by atoms with van der Waals surface area (Å²) in [6.45, 7) is 0. The number of nitrogens with zero attached hydrogens (tertiary/aromatic N) is 2. The third kappa shape index (κ3) is 3.30. The van der Waals surface area contributed by atoms with Crippen molar-refractivity contribution >= 4 is 56.3 Å². The molecule has 0 saturated carbocycles. The normalized spacial score (nSPS) is 18.9. The van der Waals surface area contributed by atoms with Gasteiger partial charge in [-0.25, -0.2) is 4.79 Å². The number of esters is 1. The minimum atomic E-state index is -4.81. The molecule has 0 radical (unpaired) electrons. The van der Waals surface area contributed by atoms with E-state index >= 15 is 0 Å². The zero-order valence-electron chi connectivity index (χ0n) is 15.1. The van der Waals surface area contributed by atoms with Crippen LogP contribution in [-0.2, 0) is 15.2 Å². The number of hydrogen-bond acceptors (Lipinski definition) is 6. The number of carbonyl (C=O) groups is 1. The molecule has 1 aliphatic rings. The fourth-order valence-electron chi connectivity index (χ4n) is 3.26. The molecule has 3 heterocycles. The smallest absolute Gasteiger partial charge is 0.435 e. The second kappa shape index (κ2) is 7.40. The van der Waals surface area contributed by atoms with Gasteiger partial charge in [0.25, 0.3) is 5.60 Å². The van der Waals surface area contributed by atoms with E-state index in [2.05, 4.69) is 10.1 Å². The predicted molar refractivity (Wildman–Crippen MR) is 107 cm³/mol. The summed E-state index contributed by atoms with van der Waals surface area (Å²) in [7, 11) is 1.23. The van der Waals surface area contributed by atoms with Crippen molar-refractivity contribution in [2.24, 2.45) is 5.16 Å². The average Bonchev–Trinajstić information content (AvgIpc) is 3.33. The summed E-state index contributed by atoms with van der Waals surface area (Å²) in [6, 6.07) is 5.29. The molecule has 0 saturated heterocycles. The number of hydrogen-bond donors (Lipinski definition) is 0. The number of fused-ring (bicyclic) bond motifs is 1. The standard InChI is InChI=1S/C19H11Cl2F3N2O3S/c1-28-17(27)13-8-25-15(16-12(13)2-3-30-16)14-7-18(29-26-14,19(22,23)24)9-4-10(20)6-11(21)5-9/h2-6,8H,7H2,1H3. The molecule has 1 atom stereocenters. The number of carbonyl (C=O) groups excluding carboxylic acids is 1. The highest BCUT2D eigenvalue weighted by Gasteiger charge is 2.62. The Labute approximate surface area is 182 Å². The molecular formula is C19H11Cl2F3N2O3S. The molecular weight excluding hydrogens is 464 g/mol. The number of alkyl halides is 3. The lowest BCUT2D eigenvalue weighted by molar-refractivity contribution is -0.275. The molecule has 1 unspecified atom stereocenters. The van der Waals surface area contributed by atoms with E-state index < -0.39 is 24.2 Å². The van der Waals surface area contributed by atoms with Crippen LogP contribution in [-0.4, -0.2) is 30.0 Å². The molecule has 3 aromatic rings. The monoisotopic (exact) mass is 474 g/mol. The lowest BCUT2D eigenvalue weighted by Crippen LogP contribution is -2.42. The summed E-state index contributed by atoms with van der Waals surface area (Å²) in [5.74, 6) is -0.597. The predicted octanol–water partition coefficient (Wildman–Crippen LogP) is 5.97. The number of oxime groups is 1. The minimum Gasteiger partial charge on any atom is -0.465 e. The van der Waals surface area contributed by atoms with Crippen LogP contribution in [0.25, 0.3) is 10.1 Å². The van der Waals surface area contributed by atoms with Crippen LogP contribution in [0.1, 0.15) is 28.0 Å². The summed E-state index contributed by atoms with van der Waals surface area (Å²) < 4.78 is 47.7. The molecule has 0 aliphatic carbocycles. The largest absolute Gasteiger partial charge is 0.465 e. The number of thiophene rings is 1. The SMILES string of the molecule is COC(=O)c1cnc(C2=NOC(c3cc(Cl)cc(Cl)c3)(C(F)(F)F)C2)c2sccc12. The number of benzene rings is 1. The van der Waals surface area contributed by atoms with Crippen LogP contribution in [0.5, 0.6) is 0 Å². The van der Waals surface area contributed by atoms with Crippen LogP contribution in [0.15, 0.2) is 41.0 Å². The highest BCUT2D eigenvalue weighted by Crippen LogP contribution is 2.50. The van der Waals surface area contributed by atoms with Crippen molar-refractivity contribution < 1.29 is 27.5 Å². The Balaban J connectivity index is 1.80. The Morgan fingerprint density at radius 1 is 1.27 bits per heavy atom. The Kier molecular flexibility index (Phi) is 5.16. The topological polar surface area (TPSA) is 60.8 Å². The molecule has 0 amide bonds. The van der Waals surface area contributed by atoms with Crippen LogP contribution in [0.4, 0.5) is 13.2 Å². The average molecular weight is 475 g/mol. The molecule has 4 rings (SSSR count). The molecule has 0 N–H and O–H groups in total. The van der Waals surface area contributed by atoms with E-state index in [4.69, 9.17) is 32.8 Å². The van der Waals surface area contributed by atoms with Crippen molar-refractivity contribution in [1.82, 2.24) is 4.98 Å². The fourth-order valence-corrected chi connectivity index (χ4v) is 4.71. The van der Waals surface area contributed by atoms with Gasteiger partial charge in [0.05, 0.1) is 23.8 Å². The number of aromatic nitrogens is 1. The Morgan fingerprint density at radius 3 is 2.60 bits per heavy atom. The summed E-state index contributed by atoms with van der Waals surface area (Å²) >= 11 is 13.1. The molecule has 1 aliphatic heterocycles.